The third kappa shape index (κ3) is 2.55. The van der Waals surface area contributed by atoms with Gasteiger partial charge in [-0.1, -0.05) is 12.1 Å². The fourth-order valence-electron chi connectivity index (χ4n) is 2.23. The van der Waals surface area contributed by atoms with E-state index in [1.807, 2.05) is 24.3 Å². The number of carbonyl (C=O) groups excluding carboxylic acids is 1. The molecule has 1 heterocycles. The summed E-state index contributed by atoms with van der Waals surface area (Å²) >= 11 is 1.78. The maximum Gasteiger partial charge on any atom is 0.321 e. The summed E-state index contributed by atoms with van der Waals surface area (Å²) in [7, 11) is 1.38. The van der Waals surface area contributed by atoms with Gasteiger partial charge in [0.15, 0.2) is 0 Å². The van der Waals surface area contributed by atoms with Gasteiger partial charge in [0.25, 0.3) is 0 Å². The molecule has 110 valence electrons. The standard InChI is InChI=1S/C15H16N2O3S/c1-3-21-11-6-4-10(5-7-11)12-16-13(20-17-12)15(8-9-15)14(18)19-2/h4-7H,3,8-9H2,1-2H3. The van der Waals surface area contributed by atoms with Crippen molar-refractivity contribution < 1.29 is 14.1 Å². The van der Waals surface area contributed by atoms with Crippen molar-refractivity contribution >= 4 is 17.7 Å². The highest BCUT2D eigenvalue weighted by Crippen LogP contribution is 2.48. The molecule has 0 N–H and O–H groups in total. The van der Waals surface area contributed by atoms with Gasteiger partial charge in [-0.15, -0.1) is 11.8 Å². The molecular weight excluding hydrogens is 288 g/mol. The lowest BCUT2D eigenvalue weighted by Gasteiger charge is -2.05. The van der Waals surface area contributed by atoms with Gasteiger partial charge in [-0.2, -0.15) is 4.98 Å². The number of benzene rings is 1. The van der Waals surface area contributed by atoms with Gasteiger partial charge in [0.2, 0.25) is 11.7 Å². The normalized spacial score (nSPS) is 15.7. The van der Waals surface area contributed by atoms with E-state index in [-0.39, 0.29) is 5.97 Å². The summed E-state index contributed by atoms with van der Waals surface area (Å²) in [6, 6.07) is 7.99. The average Bonchev–Trinajstić information content (AvgIpc) is 3.18. The van der Waals surface area contributed by atoms with Crippen LogP contribution in [-0.2, 0) is 14.9 Å². The maximum absolute atomic E-state index is 11.8. The number of esters is 1. The molecule has 1 aromatic heterocycles. The van der Waals surface area contributed by atoms with Crippen LogP contribution in [0, 0.1) is 0 Å². The van der Waals surface area contributed by atoms with Crippen LogP contribution in [-0.4, -0.2) is 29.0 Å². The van der Waals surface area contributed by atoms with Crippen LogP contribution in [0.5, 0.6) is 0 Å². The molecule has 0 unspecified atom stereocenters. The van der Waals surface area contributed by atoms with Crippen LogP contribution in [0.25, 0.3) is 11.4 Å². The molecule has 6 heteroatoms. The van der Waals surface area contributed by atoms with Crippen LogP contribution in [0.15, 0.2) is 33.7 Å². The van der Waals surface area contributed by atoms with Crippen LogP contribution in [0.1, 0.15) is 25.7 Å². The third-order valence-corrected chi connectivity index (χ3v) is 4.48. The summed E-state index contributed by atoms with van der Waals surface area (Å²) in [5.74, 6) is 1.60. The lowest BCUT2D eigenvalue weighted by atomic mass is 10.1. The molecule has 0 atom stereocenters. The van der Waals surface area contributed by atoms with Gasteiger partial charge >= 0.3 is 5.97 Å². The number of rotatable bonds is 5. The quantitative estimate of drug-likeness (QED) is 0.625. The van der Waals surface area contributed by atoms with Crippen molar-refractivity contribution in [1.82, 2.24) is 10.1 Å². The zero-order valence-corrected chi connectivity index (χ0v) is 12.8. The van der Waals surface area contributed by atoms with Crippen molar-refractivity contribution in [2.24, 2.45) is 0 Å². The van der Waals surface area contributed by atoms with Crippen LogP contribution in [0.2, 0.25) is 0 Å². The number of thioether (sulfide) groups is 1. The Hall–Kier alpha value is -1.82. The van der Waals surface area contributed by atoms with Crippen molar-refractivity contribution in [2.75, 3.05) is 12.9 Å². The fourth-order valence-corrected chi connectivity index (χ4v) is 2.89. The number of nitrogens with zero attached hydrogens (tertiary/aromatic N) is 2. The van der Waals surface area contributed by atoms with Crippen LogP contribution in [0.4, 0.5) is 0 Å². The maximum atomic E-state index is 11.8. The highest BCUT2D eigenvalue weighted by molar-refractivity contribution is 7.99. The Bertz CT molecular complexity index is 647. The molecule has 1 aliphatic carbocycles. The summed E-state index contributed by atoms with van der Waals surface area (Å²) in [6.07, 6.45) is 1.40. The number of aromatic nitrogens is 2. The molecule has 0 spiro atoms. The van der Waals surface area contributed by atoms with Crippen LogP contribution >= 0.6 is 11.8 Å². The summed E-state index contributed by atoms with van der Waals surface area (Å²) < 4.78 is 10.1. The molecule has 0 radical (unpaired) electrons. The second-order valence-corrected chi connectivity index (χ2v) is 6.29. The van der Waals surface area contributed by atoms with Crippen molar-refractivity contribution in [3.63, 3.8) is 0 Å². The van der Waals surface area contributed by atoms with E-state index in [1.165, 1.54) is 12.0 Å². The first-order chi connectivity index (χ1) is 10.2. The molecule has 21 heavy (non-hydrogen) atoms. The van der Waals surface area contributed by atoms with E-state index in [0.29, 0.717) is 24.6 Å². The molecule has 5 nitrogen and oxygen atoms in total. The van der Waals surface area contributed by atoms with Crippen molar-refractivity contribution in [2.45, 2.75) is 30.1 Å². The number of carbonyl (C=O) groups is 1. The molecule has 1 saturated carbocycles. The van der Waals surface area contributed by atoms with E-state index in [2.05, 4.69) is 17.1 Å². The van der Waals surface area contributed by atoms with E-state index in [4.69, 9.17) is 9.26 Å². The minimum Gasteiger partial charge on any atom is -0.468 e. The van der Waals surface area contributed by atoms with Gasteiger partial charge in [0.1, 0.15) is 5.41 Å². The second kappa shape index (κ2) is 5.52. The first-order valence-corrected chi connectivity index (χ1v) is 7.84. The van der Waals surface area contributed by atoms with Gasteiger partial charge in [-0.3, -0.25) is 4.79 Å². The van der Waals surface area contributed by atoms with Crippen LogP contribution in [0.3, 0.4) is 0 Å². The monoisotopic (exact) mass is 304 g/mol. The molecule has 1 aliphatic rings. The van der Waals surface area contributed by atoms with Crippen LogP contribution < -0.4 is 0 Å². The largest absolute Gasteiger partial charge is 0.468 e. The first-order valence-electron chi connectivity index (χ1n) is 6.85. The molecule has 2 aromatic rings. The lowest BCUT2D eigenvalue weighted by Crippen LogP contribution is -2.22. The Morgan fingerprint density at radius 2 is 2.10 bits per heavy atom. The van der Waals surface area contributed by atoms with Gasteiger partial charge in [-0.05, 0) is 42.9 Å². The molecule has 0 saturated heterocycles. The highest BCUT2D eigenvalue weighted by Gasteiger charge is 2.57. The van der Waals surface area contributed by atoms with E-state index in [0.717, 1.165) is 11.3 Å². The number of hydrogen-bond donors (Lipinski definition) is 0. The SMILES string of the molecule is CCSc1ccc(-c2noc(C3(C(=O)OC)CC3)n2)cc1. The molecule has 1 aromatic carbocycles. The molecule has 1 fully saturated rings. The number of methoxy groups -OCH3 is 1. The molecule has 0 aliphatic heterocycles. The Balaban J connectivity index is 1.83. The van der Waals surface area contributed by atoms with E-state index < -0.39 is 5.41 Å². The summed E-state index contributed by atoms with van der Waals surface area (Å²) in [5, 5.41) is 3.98. The minimum absolute atomic E-state index is 0.299. The van der Waals surface area contributed by atoms with Crippen molar-refractivity contribution in [3.05, 3.63) is 30.2 Å². The zero-order valence-electron chi connectivity index (χ0n) is 12.0. The Morgan fingerprint density at radius 1 is 1.38 bits per heavy atom. The molecule has 0 amide bonds. The summed E-state index contributed by atoms with van der Waals surface area (Å²) in [6.45, 7) is 2.12. The van der Waals surface area contributed by atoms with E-state index in [1.54, 1.807) is 11.8 Å². The van der Waals surface area contributed by atoms with E-state index >= 15 is 0 Å². The van der Waals surface area contributed by atoms with Gasteiger partial charge < -0.3 is 9.26 Å². The van der Waals surface area contributed by atoms with Crippen molar-refractivity contribution in [3.8, 4) is 11.4 Å². The highest BCUT2D eigenvalue weighted by atomic mass is 32.2. The summed E-state index contributed by atoms with van der Waals surface area (Å²) in [4.78, 5) is 17.4. The molecule has 3 rings (SSSR count). The molecule has 0 bridgehead atoms. The second-order valence-electron chi connectivity index (χ2n) is 4.95. The lowest BCUT2D eigenvalue weighted by molar-refractivity contribution is -0.144. The Kier molecular flexibility index (Phi) is 3.71. The fraction of sp³-hybridized carbons (Fsp3) is 0.400. The Morgan fingerprint density at radius 3 is 2.67 bits per heavy atom. The topological polar surface area (TPSA) is 65.2 Å². The minimum atomic E-state index is -0.710. The van der Waals surface area contributed by atoms with Gasteiger partial charge in [0, 0.05) is 10.5 Å². The Labute approximate surface area is 127 Å². The average molecular weight is 304 g/mol. The summed E-state index contributed by atoms with van der Waals surface area (Å²) in [5.41, 5.74) is 0.170. The predicted octanol–water partition coefficient (Wildman–Crippen LogP) is 3.05. The third-order valence-electron chi connectivity index (χ3n) is 3.59. The number of ether oxygens (including phenoxy) is 1. The predicted molar refractivity (Wildman–Crippen MR) is 79.1 cm³/mol. The van der Waals surface area contributed by atoms with Crippen molar-refractivity contribution in [1.29, 1.82) is 0 Å². The van der Waals surface area contributed by atoms with E-state index in [9.17, 15) is 4.79 Å². The smallest absolute Gasteiger partial charge is 0.321 e. The zero-order chi connectivity index (χ0) is 14.9. The van der Waals surface area contributed by atoms with Gasteiger partial charge in [-0.25, -0.2) is 0 Å². The number of hydrogen-bond acceptors (Lipinski definition) is 6. The first kappa shape index (κ1) is 14.1. The van der Waals surface area contributed by atoms with Gasteiger partial charge in [0.05, 0.1) is 7.11 Å². The molecular formula is C15H16N2O3S.